The van der Waals surface area contributed by atoms with Crippen LogP contribution in [0.1, 0.15) is 18.7 Å². The number of rotatable bonds is 6. The fraction of sp³-hybridized carbons (Fsp3) is 0.208. The molecule has 11 nitrogen and oxygen atoms in total. The average Bonchev–Trinajstić information content (AvgIpc) is 3.43. The number of likely N-dealkylation sites (N-methyl/N-ethyl adjacent to an activating group) is 1. The molecule has 0 bridgehead atoms. The van der Waals surface area contributed by atoms with Crippen LogP contribution in [0.2, 0.25) is 0 Å². The first-order valence-corrected chi connectivity index (χ1v) is 11.0. The zero-order valence-corrected chi connectivity index (χ0v) is 19.0. The first-order valence-electron chi connectivity index (χ1n) is 11.0. The molecule has 1 fully saturated rings. The van der Waals surface area contributed by atoms with Crippen molar-refractivity contribution in [3.63, 3.8) is 0 Å². The Labute approximate surface area is 203 Å². The van der Waals surface area contributed by atoms with Gasteiger partial charge >= 0.3 is 0 Å². The van der Waals surface area contributed by atoms with Crippen LogP contribution >= 0.6 is 0 Å². The first-order chi connectivity index (χ1) is 17.3. The van der Waals surface area contributed by atoms with E-state index in [-0.39, 0.29) is 36.8 Å². The van der Waals surface area contributed by atoms with E-state index in [4.69, 9.17) is 4.52 Å². The summed E-state index contributed by atoms with van der Waals surface area (Å²) < 4.78 is 19.6. The van der Waals surface area contributed by atoms with E-state index in [1.807, 2.05) is 0 Å². The highest BCUT2D eigenvalue weighted by Crippen LogP contribution is 2.27. The normalized spacial score (nSPS) is 17.9. The lowest BCUT2D eigenvalue weighted by atomic mass is 10.0. The number of benzene rings is 1. The van der Waals surface area contributed by atoms with Gasteiger partial charge in [0.15, 0.2) is 0 Å². The predicted molar refractivity (Wildman–Crippen MR) is 120 cm³/mol. The number of nitrogens with zero attached hydrogens (tertiary/aromatic N) is 5. The van der Waals surface area contributed by atoms with Crippen molar-refractivity contribution in [3.8, 4) is 22.5 Å². The molecule has 4 amide bonds. The topological polar surface area (TPSA) is 139 Å². The fourth-order valence-electron chi connectivity index (χ4n) is 4.12. The molecule has 0 aliphatic carbocycles. The van der Waals surface area contributed by atoms with Crippen molar-refractivity contribution in [1.29, 1.82) is 0 Å². The van der Waals surface area contributed by atoms with Gasteiger partial charge in [-0.3, -0.25) is 34.4 Å². The highest BCUT2D eigenvalue weighted by molar-refractivity contribution is 6.18. The van der Waals surface area contributed by atoms with E-state index < -0.39 is 35.5 Å². The molecular formula is C24H19FN6O5. The van der Waals surface area contributed by atoms with Gasteiger partial charge in [-0.2, -0.15) is 4.98 Å². The van der Waals surface area contributed by atoms with Crippen molar-refractivity contribution >= 4 is 23.6 Å². The number of amides is 4. The number of halogens is 1. The smallest absolute Gasteiger partial charge is 0.277 e. The summed E-state index contributed by atoms with van der Waals surface area (Å²) >= 11 is 0. The van der Waals surface area contributed by atoms with Crippen LogP contribution in [0.3, 0.4) is 0 Å². The minimum Gasteiger partial charge on any atom is -0.361 e. The Morgan fingerprint density at radius 3 is 2.61 bits per heavy atom. The van der Waals surface area contributed by atoms with Gasteiger partial charge in [-0.25, -0.2) is 4.39 Å². The molecule has 5 rings (SSSR count). The Balaban J connectivity index is 1.31. The predicted octanol–water partition coefficient (Wildman–Crippen LogP) is 1.43. The van der Waals surface area contributed by atoms with Gasteiger partial charge in [0.25, 0.3) is 11.8 Å². The summed E-state index contributed by atoms with van der Waals surface area (Å²) in [7, 11) is 1.55. The summed E-state index contributed by atoms with van der Waals surface area (Å²) in [6.07, 6.45) is 4.43. The fourth-order valence-corrected chi connectivity index (χ4v) is 4.12. The lowest BCUT2D eigenvalue weighted by molar-refractivity contribution is -0.150. The summed E-state index contributed by atoms with van der Waals surface area (Å²) in [5.41, 5.74) is 1.82. The van der Waals surface area contributed by atoms with Crippen molar-refractivity contribution in [2.45, 2.75) is 25.4 Å². The molecule has 1 unspecified atom stereocenters. The second-order valence-corrected chi connectivity index (χ2v) is 8.34. The molecular weight excluding hydrogens is 471 g/mol. The molecule has 182 valence electrons. The molecule has 1 atom stereocenters. The maximum atomic E-state index is 14.3. The third-order valence-corrected chi connectivity index (χ3v) is 5.88. The summed E-state index contributed by atoms with van der Waals surface area (Å²) in [5, 5.41) is 6.07. The lowest BCUT2D eigenvalue weighted by Crippen LogP contribution is -2.54. The Morgan fingerprint density at radius 2 is 1.86 bits per heavy atom. The average molecular weight is 490 g/mol. The van der Waals surface area contributed by atoms with Gasteiger partial charge in [0.1, 0.15) is 17.6 Å². The van der Waals surface area contributed by atoms with Crippen LogP contribution in [0.15, 0.2) is 59.0 Å². The number of aromatic nitrogens is 3. The summed E-state index contributed by atoms with van der Waals surface area (Å²) in [6.45, 7) is -0.0203. The van der Waals surface area contributed by atoms with Gasteiger partial charge in [0.05, 0.1) is 6.54 Å². The molecule has 3 aromatic rings. The number of pyridine rings is 1. The number of carbonyl (C=O) groups is 4. The molecule has 0 radical (unpaired) electrons. The molecule has 1 N–H and O–H groups in total. The minimum atomic E-state index is -1.05. The molecule has 0 spiro atoms. The number of hydrogen-bond donors (Lipinski definition) is 1. The number of nitrogens with one attached hydrogen (secondary N) is 1. The molecule has 2 aromatic heterocycles. The number of carbonyl (C=O) groups excluding carboxylic acids is 4. The largest absolute Gasteiger partial charge is 0.361 e. The number of piperidine rings is 1. The maximum absolute atomic E-state index is 14.3. The zero-order valence-electron chi connectivity index (χ0n) is 19.0. The summed E-state index contributed by atoms with van der Waals surface area (Å²) in [4.78, 5) is 59.5. The van der Waals surface area contributed by atoms with Gasteiger partial charge in [0.2, 0.25) is 23.5 Å². The van der Waals surface area contributed by atoms with Gasteiger partial charge in [0, 0.05) is 37.5 Å². The van der Waals surface area contributed by atoms with Crippen molar-refractivity contribution < 1.29 is 28.1 Å². The molecule has 1 saturated heterocycles. The van der Waals surface area contributed by atoms with E-state index in [1.165, 1.54) is 17.0 Å². The van der Waals surface area contributed by atoms with Gasteiger partial charge in [-0.15, -0.1) is 0 Å². The second-order valence-electron chi connectivity index (χ2n) is 8.34. The highest BCUT2D eigenvalue weighted by Gasteiger charge is 2.43. The molecule has 1 aromatic carbocycles. The van der Waals surface area contributed by atoms with Crippen LogP contribution in [0, 0.1) is 5.82 Å². The molecule has 2 aliphatic heterocycles. The molecule has 2 aliphatic rings. The highest BCUT2D eigenvalue weighted by atomic mass is 19.1. The zero-order chi connectivity index (χ0) is 25.4. The van der Waals surface area contributed by atoms with Crippen LogP contribution < -0.4 is 5.32 Å². The van der Waals surface area contributed by atoms with Crippen LogP contribution in [0.25, 0.3) is 22.5 Å². The summed E-state index contributed by atoms with van der Waals surface area (Å²) in [5.74, 6) is -2.64. The van der Waals surface area contributed by atoms with Gasteiger partial charge in [-0.1, -0.05) is 5.16 Å². The standard InChI is InChI=1S/C24H19FN6O5/c1-30(18-11-21(33)31(24(18)35)17-2-3-19(32)27-23(17)34)12-20-28-22(29-36-20)15-8-14(9-16(25)10-15)13-4-6-26-7-5-13/h4-11,17H,2-3,12H2,1H3,(H,27,32,34). The van der Waals surface area contributed by atoms with Crippen LogP contribution in [-0.2, 0) is 25.7 Å². The molecule has 4 heterocycles. The second kappa shape index (κ2) is 9.13. The van der Waals surface area contributed by atoms with E-state index in [0.29, 0.717) is 11.1 Å². The Hall–Kier alpha value is -4.74. The van der Waals surface area contributed by atoms with Crippen molar-refractivity contribution in [2.75, 3.05) is 7.05 Å². The molecule has 12 heteroatoms. The van der Waals surface area contributed by atoms with Crippen LogP contribution in [-0.4, -0.2) is 61.6 Å². The third-order valence-electron chi connectivity index (χ3n) is 5.88. The van der Waals surface area contributed by atoms with Gasteiger partial charge in [-0.05, 0) is 47.9 Å². The Bertz CT molecular complexity index is 1420. The van der Waals surface area contributed by atoms with E-state index in [0.717, 1.165) is 16.5 Å². The van der Waals surface area contributed by atoms with Crippen LogP contribution in [0.4, 0.5) is 4.39 Å². The summed E-state index contributed by atoms with van der Waals surface area (Å²) in [6, 6.07) is 6.83. The van der Waals surface area contributed by atoms with Crippen molar-refractivity contribution in [1.82, 2.24) is 30.2 Å². The molecule has 0 saturated carbocycles. The van der Waals surface area contributed by atoms with E-state index >= 15 is 0 Å². The van der Waals surface area contributed by atoms with Crippen molar-refractivity contribution in [2.24, 2.45) is 0 Å². The van der Waals surface area contributed by atoms with Crippen molar-refractivity contribution in [3.05, 3.63) is 66.2 Å². The first kappa shape index (κ1) is 23.0. The monoisotopic (exact) mass is 490 g/mol. The van der Waals surface area contributed by atoms with E-state index in [9.17, 15) is 23.6 Å². The SMILES string of the molecule is CN(Cc1nc(-c2cc(F)cc(-c3ccncc3)c2)no1)C1=CC(=O)N(C2CCC(=O)NC2=O)C1=O. The Morgan fingerprint density at radius 1 is 1.11 bits per heavy atom. The minimum absolute atomic E-state index is 0.0203. The molecule has 36 heavy (non-hydrogen) atoms. The number of imide groups is 2. The van der Waals surface area contributed by atoms with E-state index in [2.05, 4.69) is 20.4 Å². The lowest BCUT2D eigenvalue weighted by Gasteiger charge is -2.29. The number of hydrogen-bond acceptors (Lipinski definition) is 9. The van der Waals surface area contributed by atoms with Gasteiger partial charge < -0.3 is 9.42 Å². The van der Waals surface area contributed by atoms with Crippen LogP contribution in [0.5, 0.6) is 0 Å². The van der Waals surface area contributed by atoms with E-state index in [1.54, 1.807) is 37.6 Å². The quantitative estimate of drug-likeness (QED) is 0.508. The third kappa shape index (κ3) is 4.35. The maximum Gasteiger partial charge on any atom is 0.277 e. The Kier molecular flexibility index (Phi) is 5.84.